The molecule has 0 spiro atoms. The first kappa shape index (κ1) is 14.2. The Bertz CT molecular complexity index is 241. The molecule has 15 heavy (non-hydrogen) atoms. The molecule has 0 aromatic rings. The molecule has 0 fully saturated rings. The number of hydrogen-bond acceptors (Lipinski definition) is 0. The number of allylic oxidation sites excluding steroid dienone is 5. The van der Waals surface area contributed by atoms with Crippen molar-refractivity contribution in [2.75, 3.05) is 0 Å². The zero-order valence-corrected chi connectivity index (χ0v) is 11.0. The third kappa shape index (κ3) is 7.18. The SMILES string of the molecule is C=CC(C)=CC=C(C)CCC(C)C(C)C. The molecule has 0 aromatic carbocycles. The molecule has 1 atom stereocenters. The fourth-order valence-corrected chi connectivity index (χ4v) is 1.21. The second-order valence-corrected chi connectivity index (χ2v) is 4.89. The second-order valence-electron chi connectivity index (χ2n) is 4.89. The van der Waals surface area contributed by atoms with E-state index in [0.717, 1.165) is 11.8 Å². The summed E-state index contributed by atoms with van der Waals surface area (Å²) in [6, 6.07) is 0. The highest BCUT2D eigenvalue weighted by atomic mass is 14.1. The third-order valence-corrected chi connectivity index (χ3v) is 3.08. The van der Waals surface area contributed by atoms with Gasteiger partial charge >= 0.3 is 0 Å². The first-order valence-electron chi connectivity index (χ1n) is 5.93. The zero-order valence-electron chi connectivity index (χ0n) is 11.0. The number of rotatable bonds is 6. The largest absolute Gasteiger partial charge is 0.0988 e. The van der Waals surface area contributed by atoms with Crippen LogP contribution in [-0.2, 0) is 0 Å². The van der Waals surface area contributed by atoms with Crippen LogP contribution in [0.5, 0.6) is 0 Å². The van der Waals surface area contributed by atoms with Gasteiger partial charge in [-0.05, 0) is 38.5 Å². The molecule has 0 bridgehead atoms. The lowest BCUT2D eigenvalue weighted by Crippen LogP contribution is -2.03. The fourth-order valence-electron chi connectivity index (χ4n) is 1.21. The second kappa shape index (κ2) is 7.50. The van der Waals surface area contributed by atoms with E-state index in [9.17, 15) is 0 Å². The fraction of sp³-hybridized carbons (Fsp3) is 0.600. The Morgan fingerprint density at radius 2 is 1.73 bits per heavy atom. The Balaban J connectivity index is 4.03. The van der Waals surface area contributed by atoms with Crippen LogP contribution in [0.15, 0.2) is 36.0 Å². The highest BCUT2D eigenvalue weighted by Crippen LogP contribution is 2.18. The molecule has 0 rings (SSSR count). The molecule has 0 radical (unpaired) electrons. The van der Waals surface area contributed by atoms with Crippen molar-refractivity contribution < 1.29 is 0 Å². The third-order valence-electron chi connectivity index (χ3n) is 3.08. The maximum atomic E-state index is 3.74. The molecule has 0 heterocycles. The van der Waals surface area contributed by atoms with E-state index in [2.05, 4.69) is 53.3 Å². The van der Waals surface area contributed by atoms with Crippen molar-refractivity contribution in [1.82, 2.24) is 0 Å². The first-order valence-corrected chi connectivity index (χ1v) is 5.93. The summed E-state index contributed by atoms with van der Waals surface area (Å²) in [5.41, 5.74) is 2.69. The van der Waals surface area contributed by atoms with E-state index < -0.39 is 0 Å². The summed E-state index contributed by atoms with van der Waals surface area (Å²) in [6.07, 6.45) is 8.74. The van der Waals surface area contributed by atoms with E-state index in [0.29, 0.717) is 0 Å². The quantitative estimate of drug-likeness (QED) is 0.528. The summed E-state index contributed by atoms with van der Waals surface area (Å²) in [7, 11) is 0. The van der Waals surface area contributed by atoms with Crippen LogP contribution in [0.1, 0.15) is 47.5 Å². The smallest absolute Gasteiger partial charge is 0.0317 e. The van der Waals surface area contributed by atoms with Gasteiger partial charge in [0.2, 0.25) is 0 Å². The molecular weight excluding hydrogens is 180 g/mol. The molecule has 86 valence electrons. The lowest BCUT2D eigenvalue weighted by molar-refractivity contribution is 0.392. The van der Waals surface area contributed by atoms with Gasteiger partial charge in [-0.2, -0.15) is 0 Å². The molecule has 0 saturated carbocycles. The summed E-state index contributed by atoms with van der Waals surface area (Å²) >= 11 is 0. The van der Waals surface area contributed by atoms with Crippen LogP contribution < -0.4 is 0 Å². The lowest BCUT2D eigenvalue weighted by atomic mass is 9.91. The van der Waals surface area contributed by atoms with Crippen molar-refractivity contribution in [1.29, 1.82) is 0 Å². The van der Waals surface area contributed by atoms with Gasteiger partial charge in [0.05, 0.1) is 0 Å². The van der Waals surface area contributed by atoms with Gasteiger partial charge in [-0.15, -0.1) is 0 Å². The van der Waals surface area contributed by atoms with E-state index >= 15 is 0 Å². The molecule has 0 N–H and O–H groups in total. The van der Waals surface area contributed by atoms with Gasteiger partial charge in [-0.3, -0.25) is 0 Å². The van der Waals surface area contributed by atoms with Crippen molar-refractivity contribution in [2.24, 2.45) is 11.8 Å². The lowest BCUT2D eigenvalue weighted by Gasteiger charge is -2.14. The van der Waals surface area contributed by atoms with Crippen LogP contribution in [0.2, 0.25) is 0 Å². The van der Waals surface area contributed by atoms with E-state index in [1.54, 1.807) is 0 Å². The molecule has 0 saturated heterocycles. The highest BCUT2D eigenvalue weighted by Gasteiger charge is 2.06. The van der Waals surface area contributed by atoms with Crippen LogP contribution in [0.3, 0.4) is 0 Å². The van der Waals surface area contributed by atoms with Gasteiger partial charge in [0.15, 0.2) is 0 Å². The van der Waals surface area contributed by atoms with Crippen molar-refractivity contribution in [3.8, 4) is 0 Å². The molecule has 0 amide bonds. The topological polar surface area (TPSA) is 0 Å². The van der Waals surface area contributed by atoms with E-state index in [4.69, 9.17) is 0 Å². The molecule has 0 heteroatoms. The Kier molecular flexibility index (Phi) is 7.11. The van der Waals surface area contributed by atoms with E-state index in [1.807, 2.05) is 6.08 Å². The molecule has 0 aliphatic rings. The monoisotopic (exact) mass is 206 g/mol. The van der Waals surface area contributed by atoms with Crippen LogP contribution in [0.25, 0.3) is 0 Å². The van der Waals surface area contributed by atoms with Crippen LogP contribution >= 0.6 is 0 Å². The Morgan fingerprint density at radius 3 is 2.20 bits per heavy atom. The minimum Gasteiger partial charge on any atom is -0.0988 e. The summed E-state index contributed by atoms with van der Waals surface area (Å²) in [5, 5.41) is 0. The average Bonchev–Trinajstić information content (AvgIpc) is 2.21. The van der Waals surface area contributed by atoms with Crippen LogP contribution in [0, 0.1) is 11.8 Å². The van der Waals surface area contributed by atoms with E-state index in [1.165, 1.54) is 24.0 Å². The van der Waals surface area contributed by atoms with Crippen molar-refractivity contribution in [3.63, 3.8) is 0 Å². The molecule has 0 nitrogen and oxygen atoms in total. The maximum absolute atomic E-state index is 3.74. The predicted molar refractivity (Wildman–Crippen MR) is 70.9 cm³/mol. The molecule has 0 aromatic heterocycles. The van der Waals surface area contributed by atoms with Crippen molar-refractivity contribution in [2.45, 2.75) is 47.5 Å². The highest BCUT2D eigenvalue weighted by molar-refractivity contribution is 5.22. The van der Waals surface area contributed by atoms with Crippen molar-refractivity contribution in [3.05, 3.63) is 36.0 Å². The van der Waals surface area contributed by atoms with Gasteiger partial charge in [0.1, 0.15) is 0 Å². The Morgan fingerprint density at radius 1 is 1.13 bits per heavy atom. The van der Waals surface area contributed by atoms with Gasteiger partial charge < -0.3 is 0 Å². The van der Waals surface area contributed by atoms with Gasteiger partial charge in [0.25, 0.3) is 0 Å². The molecule has 0 aliphatic carbocycles. The Hall–Kier alpha value is -0.780. The van der Waals surface area contributed by atoms with Gasteiger partial charge in [0, 0.05) is 0 Å². The van der Waals surface area contributed by atoms with Crippen LogP contribution in [0.4, 0.5) is 0 Å². The molecule has 1 unspecified atom stereocenters. The Labute approximate surface area is 95.8 Å². The minimum absolute atomic E-state index is 0.795. The zero-order chi connectivity index (χ0) is 11.8. The summed E-state index contributed by atoms with van der Waals surface area (Å²) in [4.78, 5) is 0. The predicted octanol–water partition coefficient (Wildman–Crippen LogP) is 5.14. The minimum atomic E-state index is 0.795. The van der Waals surface area contributed by atoms with Crippen LogP contribution in [-0.4, -0.2) is 0 Å². The summed E-state index contributed by atoms with van der Waals surface area (Å²) < 4.78 is 0. The first-order chi connectivity index (χ1) is 6.97. The molecular formula is C15H26. The van der Waals surface area contributed by atoms with Crippen molar-refractivity contribution >= 4 is 0 Å². The van der Waals surface area contributed by atoms with Gasteiger partial charge in [-0.1, -0.05) is 56.7 Å². The summed E-state index contributed by atoms with van der Waals surface area (Å²) in [5.74, 6) is 1.61. The standard InChI is InChI=1S/C15H26/c1-7-13(4)8-9-14(5)10-11-15(6)12(2)3/h7-9,12,15H,1,10-11H2,2-6H3. The number of hydrogen-bond donors (Lipinski definition) is 0. The molecule has 0 aliphatic heterocycles. The maximum Gasteiger partial charge on any atom is -0.0317 e. The average molecular weight is 206 g/mol. The van der Waals surface area contributed by atoms with Gasteiger partial charge in [-0.25, -0.2) is 0 Å². The summed E-state index contributed by atoms with van der Waals surface area (Å²) in [6.45, 7) is 15.0. The normalized spacial score (nSPS) is 15.6. The van der Waals surface area contributed by atoms with E-state index in [-0.39, 0.29) is 0 Å².